The minimum atomic E-state index is -3.69. The van der Waals surface area contributed by atoms with E-state index in [1.165, 1.54) is 33.3 Å². The molecule has 0 aliphatic carbocycles. The van der Waals surface area contributed by atoms with Crippen LogP contribution in [0.1, 0.15) is 15.9 Å². The summed E-state index contributed by atoms with van der Waals surface area (Å²) >= 11 is 0. The van der Waals surface area contributed by atoms with Crippen molar-refractivity contribution in [3.8, 4) is 11.5 Å². The van der Waals surface area contributed by atoms with E-state index in [0.717, 1.165) is 9.87 Å². The third-order valence-electron chi connectivity index (χ3n) is 5.27. The molecule has 3 rings (SSSR count). The van der Waals surface area contributed by atoms with Crippen molar-refractivity contribution in [1.82, 2.24) is 9.62 Å². The average Bonchev–Trinajstić information content (AvgIpc) is 2.82. The Bertz CT molecular complexity index is 1070. The van der Waals surface area contributed by atoms with Gasteiger partial charge >= 0.3 is 0 Å². The van der Waals surface area contributed by atoms with Crippen LogP contribution in [0.4, 0.5) is 5.69 Å². The van der Waals surface area contributed by atoms with Crippen molar-refractivity contribution in [3.05, 3.63) is 47.5 Å². The van der Waals surface area contributed by atoms with E-state index in [-0.39, 0.29) is 22.9 Å². The van der Waals surface area contributed by atoms with Crippen LogP contribution < -0.4 is 19.7 Å². The molecule has 174 valence electrons. The molecule has 0 atom stereocenters. The standard InChI is InChI=1S/C22H29N3O6S/c1-24(2)32(27,28)17-8-9-19(25-10-12-31-13-11-25)18(14-17)22(26)23-15-16-6-5-7-20(29-3)21(16)30-4/h5-9,14H,10-13,15H2,1-4H3,(H,23,26). The number of sulfonamides is 1. The molecule has 1 aliphatic rings. The fourth-order valence-electron chi connectivity index (χ4n) is 3.51. The van der Waals surface area contributed by atoms with Crippen molar-refractivity contribution in [1.29, 1.82) is 0 Å². The third-order valence-corrected chi connectivity index (χ3v) is 7.08. The first kappa shape index (κ1) is 23.8. The van der Waals surface area contributed by atoms with E-state index >= 15 is 0 Å². The number of anilines is 1. The molecule has 1 N–H and O–H groups in total. The SMILES string of the molecule is COc1cccc(CNC(=O)c2cc(S(=O)(=O)N(C)C)ccc2N2CCOCC2)c1OC. The zero-order chi connectivity index (χ0) is 23.3. The van der Waals surface area contributed by atoms with Gasteiger partial charge in [-0.1, -0.05) is 12.1 Å². The first-order valence-electron chi connectivity index (χ1n) is 10.2. The van der Waals surface area contributed by atoms with Crippen molar-refractivity contribution in [2.45, 2.75) is 11.4 Å². The van der Waals surface area contributed by atoms with Crippen molar-refractivity contribution < 1.29 is 27.4 Å². The van der Waals surface area contributed by atoms with E-state index in [1.807, 2.05) is 17.0 Å². The molecule has 32 heavy (non-hydrogen) atoms. The second-order valence-corrected chi connectivity index (χ2v) is 9.55. The molecule has 2 aromatic rings. The van der Waals surface area contributed by atoms with Gasteiger partial charge in [-0.15, -0.1) is 0 Å². The number of nitrogens with one attached hydrogen (secondary N) is 1. The van der Waals surface area contributed by atoms with Crippen LogP contribution in [0.15, 0.2) is 41.3 Å². The van der Waals surface area contributed by atoms with E-state index in [2.05, 4.69) is 5.32 Å². The van der Waals surface area contributed by atoms with Crippen molar-refractivity contribution in [2.75, 3.05) is 59.5 Å². The molecule has 0 radical (unpaired) electrons. The van der Waals surface area contributed by atoms with Crippen LogP contribution in [0.5, 0.6) is 11.5 Å². The molecule has 1 amide bonds. The quantitative estimate of drug-likeness (QED) is 0.637. The smallest absolute Gasteiger partial charge is 0.253 e. The second-order valence-electron chi connectivity index (χ2n) is 7.40. The highest BCUT2D eigenvalue weighted by molar-refractivity contribution is 7.89. The predicted molar refractivity (Wildman–Crippen MR) is 121 cm³/mol. The molecular weight excluding hydrogens is 434 g/mol. The van der Waals surface area contributed by atoms with Crippen LogP contribution in [0.2, 0.25) is 0 Å². The third kappa shape index (κ3) is 4.98. The number of carbonyl (C=O) groups excluding carboxylic acids is 1. The number of nitrogens with zero attached hydrogens (tertiary/aromatic N) is 2. The Morgan fingerprint density at radius 3 is 2.47 bits per heavy atom. The Hall–Kier alpha value is -2.82. The van der Waals surface area contributed by atoms with E-state index in [1.54, 1.807) is 19.2 Å². The molecule has 1 fully saturated rings. The maximum atomic E-state index is 13.2. The number of para-hydroxylation sites is 1. The van der Waals surface area contributed by atoms with E-state index in [0.29, 0.717) is 43.5 Å². The lowest BCUT2D eigenvalue weighted by Gasteiger charge is -2.30. The predicted octanol–water partition coefficient (Wildman–Crippen LogP) is 1.72. The van der Waals surface area contributed by atoms with Gasteiger partial charge in [0.15, 0.2) is 11.5 Å². The Morgan fingerprint density at radius 2 is 1.84 bits per heavy atom. The number of hydrogen-bond acceptors (Lipinski definition) is 7. The summed E-state index contributed by atoms with van der Waals surface area (Å²) in [6.07, 6.45) is 0. The van der Waals surface area contributed by atoms with Crippen molar-refractivity contribution >= 4 is 21.6 Å². The second kappa shape index (κ2) is 10.2. The molecule has 0 bridgehead atoms. The highest BCUT2D eigenvalue weighted by Gasteiger charge is 2.24. The molecule has 0 spiro atoms. The summed E-state index contributed by atoms with van der Waals surface area (Å²) in [6, 6.07) is 10.1. The first-order valence-corrected chi connectivity index (χ1v) is 11.6. The highest BCUT2D eigenvalue weighted by Crippen LogP contribution is 2.31. The van der Waals surface area contributed by atoms with E-state index in [4.69, 9.17) is 14.2 Å². The maximum Gasteiger partial charge on any atom is 0.253 e. The minimum absolute atomic E-state index is 0.0589. The van der Waals surface area contributed by atoms with Gasteiger partial charge in [-0.05, 0) is 24.3 Å². The number of amides is 1. The van der Waals surface area contributed by atoms with Crippen LogP contribution in [0.3, 0.4) is 0 Å². The van der Waals surface area contributed by atoms with E-state index in [9.17, 15) is 13.2 Å². The monoisotopic (exact) mass is 463 g/mol. The van der Waals surface area contributed by atoms with Crippen LogP contribution in [-0.2, 0) is 21.3 Å². The van der Waals surface area contributed by atoms with Gasteiger partial charge < -0.3 is 24.4 Å². The number of hydrogen-bond donors (Lipinski definition) is 1. The number of ether oxygens (including phenoxy) is 3. The van der Waals surface area contributed by atoms with Gasteiger partial charge in [-0.3, -0.25) is 4.79 Å². The normalized spacial score (nSPS) is 14.3. The molecule has 1 heterocycles. The molecule has 0 aromatic heterocycles. The Morgan fingerprint density at radius 1 is 1.12 bits per heavy atom. The number of benzene rings is 2. The van der Waals surface area contributed by atoms with Gasteiger partial charge in [0.2, 0.25) is 10.0 Å². The lowest BCUT2D eigenvalue weighted by Crippen LogP contribution is -2.38. The van der Waals surface area contributed by atoms with Gasteiger partial charge in [0.05, 0.1) is 37.9 Å². The summed E-state index contributed by atoms with van der Waals surface area (Å²) in [7, 11) is 2.31. The molecular formula is C22H29N3O6S. The van der Waals surface area contributed by atoms with Gasteiger partial charge in [0, 0.05) is 45.0 Å². The lowest BCUT2D eigenvalue weighted by molar-refractivity contribution is 0.0949. The van der Waals surface area contributed by atoms with Crippen LogP contribution in [0, 0.1) is 0 Å². The summed E-state index contributed by atoms with van der Waals surface area (Å²) in [5.41, 5.74) is 1.70. The van der Waals surface area contributed by atoms with Gasteiger partial charge in [0.25, 0.3) is 5.91 Å². The summed E-state index contributed by atoms with van der Waals surface area (Å²) in [5.74, 6) is 0.715. The minimum Gasteiger partial charge on any atom is -0.493 e. The maximum absolute atomic E-state index is 13.2. The number of methoxy groups -OCH3 is 2. The van der Waals surface area contributed by atoms with Gasteiger partial charge in [-0.2, -0.15) is 0 Å². The lowest BCUT2D eigenvalue weighted by atomic mass is 10.1. The summed E-state index contributed by atoms with van der Waals surface area (Å²) in [6.45, 7) is 2.50. The van der Waals surface area contributed by atoms with E-state index < -0.39 is 10.0 Å². The molecule has 1 saturated heterocycles. The van der Waals surface area contributed by atoms with Gasteiger partial charge in [-0.25, -0.2) is 12.7 Å². The summed E-state index contributed by atoms with van der Waals surface area (Å²) in [4.78, 5) is 15.3. The number of carbonyl (C=O) groups is 1. The van der Waals surface area contributed by atoms with Gasteiger partial charge in [0.1, 0.15) is 0 Å². The molecule has 1 aliphatic heterocycles. The fourth-order valence-corrected chi connectivity index (χ4v) is 4.44. The zero-order valence-corrected chi connectivity index (χ0v) is 19.6. The molecule has 10 heteroatoms. The molecule has 0 unspecified atom stereocenters. The number of morpholine rings is 1. The fraction of sp³-hybridized carbons (Fsp3) is 0.409. The largest absolute Gasteiger partial charge is 0.493 e. The Kier molecular flexibility index (Phi) is 7.60. The molecule has 0 saturated carbocycles. The zero-order valence-electron chi connectivity index (χ0n) is 18.8. The first-order chi connectivity index (χ1) is 15.3. The van der Waals surface area contributed by atoms with Crippen LogP contribution in [0.25, 0.3) is 0 Å². The van der Waals surface area contributed by atoms with Crippen molar-refractivity contribution in [2.24, 2.45) is 0 Å². The van der Waals surface area contributed by atoms with Crippen molar-refractivity contribution in [3.63, 3.8) is 0 Å². The summed E-state index contributed by atoms with van der Waals surface area (Å²) in [5, 5.41) is 2.89. The highest BCUT2D eigenvalue weighted by atomic mass is 32.2. The Balaban J connectivity index is 1.94. The Labute approximate surface area is 188 Å². The number of rotatable bonds is 8. The summed E-state index contributed by atoms with van der Waals surface area (Å²) < 4.78 is 42.6. The van der Waals surface area contributed by atoms with Crippen LogP contribution in [-0.4, -0.2) is 73.2 Å². The molecule has 2 aromatic carbocycles. The molecule has 9 nitrogen and oxygen atoms in total. The average molecular weight is 464 g/mol. The topological polar surface area (TPSA) is 97.4 Å². The van der Waals surface area contributed by atoms with Crippen LogP contribution >= 0.6 is 0 Å².